The van der Waals surface area contributed by atoms with Crippen molar-refractivity contribution in [3.8, 4) is 11.8 Å². The zero-order valence-corrected chi connectivity index (χ0v) is 12.4. The molecular weight excluding hydrogens is 274 g/mol. The van der Waals surface area contributed by atoms with Crippen molar-refractivity contribution >= 4 is 0 Å². The van der Waals surface area contributed by atoms with E-state index in [0.29, 0.717) is 5.56 Å². The van der Waals surface area contributed by atoms with Crippen LogP contribution in [-0.2, 0) is 0 Å². The van der Waals surface area contributed by atoms with Crippen molar-refractivity contribution in [3.05, 3.63) is 59.9 Å². The lowest BCUT2D eigenvalue weighted by molar-refractivity contribution is 0.118. The van der Waals surface area contributed by atoms with E-state index in [9.17, 15) is 10.4 Å². The molecule has 0 unspecified atom stereocenters. The van der Waals surface area contributed by atoms with Gasteiger partial charge in [0.05, 0.1) is 6.07 Å². The second-order valence-electron chi connectivity index (χ2n) is 5.63. The van der Waals surface area contributed by atoms with Crippen LogP contribution in [0, 0.1) is 11.3 Å². The number of likely N-dealkylation sites (tertiary alicyclic amines) is 1. The van der Waals surface area contributed by atoms with Gasteiger partial charge in [-0.2, -0.15) is 5.26 Å². The van der Waals surface area contributed by atoms with Gasteiger partial charge in [0.1, 0.15) is 11.8 Å². The van der Waals surface area contributed by atoms with Crippen LogP contribution in [0.25, 0.3) is 0 Å². The lowest BCUT2D eigenvalue weighted by atomic mass is 9.92. The first-order chi connectivity index (χ1) is 10.8. The SMILES string of the molecule is N#C[C@@H](c1ccccc1O)N1CCCC[C@@H]1c1cccnc1. The molecule has 0 aliphatic carbocycles. The van der Waals surface area contributed by atoms with Gasteiger partial charge in [-0.1, -0.05) is 30.7 Å². The van der Waals surface area contributed by atoms with Gasteiger partial charge in [-0.05, 0) is 30.5 Å². The van der Waals surface area contributed by atoms with Gasteiger partial charge in [-0.3, -0.25) is 9.88 Å². The maximum atomic E-state index is 10.1. The smallest absolute Gasteiger partial charge is 0.127 e. The molecule has 0 spiro atoms. The summed E-state index contributed by atoms with van der Waals surface area (Å²) in [4.78, 5) is 6.40. The third kappa shape index (κ3) is 2.81. The number of nitrogens with zero attached hydrogens (tertiary/aromatic N) is 3. The van der Waals surface area contributed by atoms with Gasteiger partial charge in [0.15, 0.2) is 0 Å². The Morgan fingerprint density at radius 1 is 1.23 bits per heavy atom. The van der Waals surface area contributed by atoms with Crippen molar-refractivity contribution in [1.29, 1.82) is 5.26 Å². The van der Waals surface area contributed by atoms with Crippen molar-refractivity contribution < 1.29 is 5.11 Å². The highest BCUT2D eigenvalue weighted by molar-refractivity contribution is 5.38. The Labute approximate surface area is 130 Å². The predicted octanol–water partition coefficient (Wildman–Crippen LogP) is 3.58. The van der Waals surface area contributed by atoms with Crippen LogP contribution in [0.5, 0.6) is 5.75 Å². The van der Waals surface area contributed by atoms with Crippen molar-refractivity contribution in [2.45, 2.75) is 31.3 Å². The van der Waals surface area contributed by atoms with E-state index in [0.717, 1.165) is 31.4 Å². The van der Waals surface area contributed by atoms with E-state index in [-0.39, 0.29) is 11.8 Å². The van der Waals surface area contributed by atoms with Crippen LogP contribution < -0.4 is 0 Å². The second kappa shape index (κ2) is 6.59. The summed E-state index contributed by atoms with van der Waals surface area (Å²) in [6, 6.07) is 13.2. The molecule has 1 saturated heterocycles. The monoisotopic (exact) mass is 293 g/mol. The number of para-hydroxylation sites is 1. The van der Waals surface area contributed by atoms with Crippen LogP contribution in [-0.4, -0.2) is 21.5 Å². The fraction of sp³-hybridized carbons (Fsp3) is 0.333. The normalized spacial score (nSPS) is 20.2. The molecule has 3 rings (SSSR count). The number of hydrogen-bond acceptors (Lipinski definition) is 4. The van der Waals surface area contributed by atoms with Crippen LogP contribution in [0.4, 0.5) is 0 Å². The van der Waals surface area contributed by atoms with Crippen LogP contribution in [0.15, 0.2) is 48.8 Å². The molecule has 112 valence electrons. The molecule has 0 bridgehead atoms. The highest BCUT2D eigenvalue weighted by Crippen LogP contribution is 2.39. The van der Waals surface area contributed by atoms with E-state index in [2.05, 4.69) is 22.0 Å². The molecule has 22 heavy (non-hydrogen) atoms. The average Bonchev–Trinajstić information content (AvgIpc) is 2.58. The fourth-order valence-electron chi connectivity index (χ4n) is 3.24. The molecule has 2 atom stereocenters. The van der Waals surface area contributed by atoms with Gasteiger partial charge in [0.25, 0.3) is 0 Å². The zero-order chi connectivity index (χ0) is 15.4. The highest BCUT2D eigenvalue weighted by Gasteiger charge is 2.32. The van der Waals surface area contributed by atoms with E-state index < -0.39 is 6.04 Å². The molecule has 1 aromatic heterocycles. The summed E-state index contributed by atoms with van der Waals surface area (Å²) < 4.78 is 0. The Morgan fingerprint density at radius 3 is 2.82 bits per heavy atom. The van der Waals surface area contributed by atoms with Crippen molar-refractivity contribution in [2.75, 3.05) is 6.54 Å². The first-order valence-electron chi connectivity index (χ1n) is 7.64. The van der Waals surface area contributed by atoms with Gasteiger partial charge in [0, 0.05) is 30.5 Å². The summed E-state index contributed by atoms with van der Waals surface area (Å²) in [5.74, 6) is 0.185. The first-order valence-corrected chi connectivity index (χ1v) is 7.64. The molecule has 1 N–H and O–H groups in total. The average molecular weight is 293 g/mol. The number of benzene rings is 1. The van der Waals surface area contributed by atoms with Gasteiger partial charge in [0.2, 0.25) is 0 Å². The number of phenolic OH excluding ortho intramolecular Hbond substituents is 1. The van der Waals surface area contributed by atoms with Gasteiger partial charge >= 0.3 is 0 Å². The van der Waals surface area contributed by atoms with E-state index in [1.54, 1.807) is 18.3 Å². The minimum absolute atomic E-state index is 0.173. The number of aromatic hydroxyl groups is 1. The predicted molar refractivity (Wildman–Crippen MR) is 84.0 cm³/mol. The van der Waals surface area contributed by atoms with Crippen LogP contribution in [0.1, 0.15) is 42.5 Å². The topological polar surface area (TPSA) is 60.1 Å². The zero-order valence-electron chi connectivity index (χ0n) is 12.4. The number of phenols is 1. The number of aromatic nitrogens is 1. The Balaban J connectivity index is 1.96. The minimum atomic E-state index is -0.438. The highest BCUT2D eigenvalue weighted by atomic mass is 16.3. The Morgan fingerprint density at radius 2 is 2.09 bits per heavy atom. The largest absolute Gasteiger partial charge is 0.508 e. The summed E-state index contributed by atoms with van der Waals surface area (Å²) in [5, 5.41) is 19.8. The Hall–Kier alpha value is -2.38. The maximum absolute atomic E-state index is 10.1. The summed E-state index contributed by atoms with van der Waals surface area (Å²) in [6.07, 6.45) is 6.87. The summed E-state index contributed by atoms with van der Waals surface area (Å²) >= 11 is 0. The van der Waals surface area contributed by atoms with Gasteiger partial charge in [-0.25, -0.2) is 0 Å². The molecule has 2 heterocycles. The van der Waals surface area contributed by atoms with E-state index in [4.69, 9.17) is 0 Å². The lowest BCUT2D eigenvalue weighted by Gasteiger charge is -2.38. The number of pyridine rings is 1. The molecule has 0 radical (unpaired) electrons. The number of nitriles is 1. The van der Waals surface area contributed by atoms with Crippen molar-refractivity contribution in [3.63, 3.8) is 0 Å². The lowest BCUT2D eigenvalue weighted by Crippen LogP contribution is -2.36. The second-order valence-corrected chi connectivity index (χ2v) is 5.63. The van der Waals surface area contributed by atoms with Crippen molar-refractivity contribution in [2.24, 2.45) is 0 Å². The molecule has 1 aliphatic rings. The standard InChI is InChI=1S/C18H19N3O/c19-12-17(15-7-1-2-9-18(15)22)21-11-4-3-8-16(21)14-6-5-10-20-13-14/h1-2,5-7,9-10,13,16-17,22H,3-4,8,11H2/t16-,17+/m1/s1. The van der Waals surface area contributed by atoms with Gasteiger partial charge in [-0.15, -0.1) is 0 Å². The summed E-state index contributed by atoms with van der Waals surface area (Å²) in [7, 11) is 0. The van der Waals surface area contributed by atoms with Crippen LogP contribution in [0.3, 0.4) is 0 Å². The summed E-state index contributed by atoms with van der Waals surface area (Å²) in [5.41, 5.74) is 1.82. The third-order valence-corrected chi connectivity index (χ3v) is 4.30. The van der Waals surface area contributed by atoms with E-state index in [1.807, 2.05) is 24.4 Å². The minimum Gasteiger partial charge on any atom is -0.508 e. The molecule has 1 aliphatic heterocycles. The molecule has 2 aromatic rings. The quantitative estimate of drug-likeness (QED) is 0.939. The summed E-state index contributed by atoms with van der Waals surface area (Å²) in [6.45, 7) is 0.853. The Bertz CT molecular complexity index is 666. The molecular formula is C18H19N3O. The van der Waals surface area contributed by atoms with E-state index in [1.165, 1.54) is 0 Å². The number of piperidine rings is 1. The first kappa shape index (κ1) is 14.6. The molecule has 0 saturated carbocycles. The van der Waals surface area contributed by atoms with Gasteiger partial charge < -0.3 is 5.11 Å². The van der Waals surface area contributed by atoms with Crippen LogP contribution >= 0.6 is 0 Å². The maximum Gasteiger partial charge on any atom is 0.127 e. The number of rotatable bonds is 3. The molecule has 4 heteroatoms. The molecule has 1 fully saturated rings. The fourth-order valence-corrected chi connectivity index (χ4v) is 3.24. The molecule has 1 aromatic carbocycles. The molecule has 0 amide bonds. The number of hydrogen-bond donors (Lipinski definition) is 1. The third-order valence-electron chi connectivity index (χ3n) is 4.30. The van der Waals surface area contributed by atoms with Crippen molar-refractivity contribution in [1.82, 2.24) is 9.88 Å². The Kier molecular flexibility index (Phi) is 4.36. The van der Waals surface area contributed by atoms with E-state index >= 15 is 0 Å². The molecule has 4 nitrogen and oxygen atoms in total. The van der Waals surface area contributed by atoms with Crippen LogP contribution in [0.2, 0.25) is 0 Å².